The van der Waals surface area contributed by atoms with Crippen LogP contribution in [0, 0.1) is 5.92 Å². The van der Waals surface area contributed by atoms with Gasteiger partial charge in [0.05, 0.1) is 6.26 Å². The van der Waals surface area contributed by atoms with E-state index < -0.39 is 0 Å². The minimum absolute atomic E-state index is 0.0592. The molecule has 4 atom stereocenters. The van der Waals surface area contributed by atoms with Crippen molar-refractivity contribution in [3.63, 3.8) is 0 Å². The second-order valence-electron chi connectivity index (χ2n) is 7.03. The molecule has 3 aliphatic rings. The van der Waals surface area contributed by atoms with Gasteiger partial charge in [-0.3, -0.25) is 14.4 Å². The quantitative estimate of drug-likeness (QED) is 0.932. The van der Waals surface area contributed by atoms with Crippen molar-refractivity contribution in [2.45, 2.75) is 31.7 Å². The fourth-order valence-corrected chi connectivity index (χ4v) is 4.32. The van der Waals surface area contributed by atoms with Crippen molar-refractivity contribution in [3.05, 3.63) is 30.2 Å². The molecule has 2 aromatic heterocycles. The van der Waals surface area contributed by atoms with Crippen LogP contribution in [0.25, 0.3) is 11.5 Å². The molecule has 2 bridgehead atoms. The van der Waals surface area contributed by atoms with Crippen LogP contribution in [0.4, 0.5) is 0 Å². The van der Waals surface area contributed by atoms with Gasteiger partial charge in [0.25, 0.3) is 0 Å². The first-order valence-corrected chi connectivity index (χ1v) is 8.68. The summed E-state index contributed by atoms with van der Waals surface area (Å²) in [6, 6.07) is 6.49. The third kappa shape index (κ3) is 2.75. The molecule has 0 radical (unpaired) electrons. The molecule has 3 aliphatic heterocycles. The van der Waals surface area contributed by atoms with Crippen molar-refractivity contribution in [1.82, 2.24) is 20.0 Å². The SMILES string of the molecule is CC(=O)NC[C@H]1C[C@@H]2CCN1C[C@@H]2c1cc(-c2ccco2)nn1C. The minimum atomic E-state index is 0.0592. The van der Waals surface area contributed by atoms with E-state index in [1.165, 1.54) is 12.1 Å². The lowest BCUT2D eigenvalue weighted by Gasteiger charge is -2.49. The van der Waals surface area contributed by atoms with Gasteiger partial charge in [-0.15, -0.1) is 0 Å². The Hall–Kier alpha value is -2.08. The molecule has 1 amide bonds. The van der Waals surface area contributed by atoms with Crippen molar-refractivity contribution >= 4 is 5.91 Å². The van der Waals surface area contributed by atoms with Gasteiger partial charge in [-0.25, -0.2) is 0 Å². The Morgan fingerprint density at radius 1 is 1.50 bits per heavy atom. The molecule has 0 aromatic carbocycles. The number of nitrogens with zero attached hydrogens (tertiary/aromatic N) is 3. The van der Waals surface area contributed by atoms with Crippen LogP contribution < -0.4 is 5.32 Å². The summed E-state index contributed by atoms with van der Waals surface area (Å²) < 4.78 is 7.49. The first-order valence-electron chi connectivity index (χ1n) is 8.68. The maximum absolute atomic E-state index is 11.2. The zero-order valence-electron chi connectivity index (χ0n) is 14.2. The number of piperidine rings is 3. The smallest absolute Gasteiger partial charge is 0.216 e. The van der Waals surface area contributed by atoms with E-state index in [4.69, 9.17) is 4.42 Å². The number of amides is 1. The van der Waals surface area contributed by atoms with Crippen molar-refractivity contribution in [3.8, 4) is 11.5 Å². The third-order valence-electron chi connectivity index (χ3n) is 5.53. The summed E-state index contributed by atoms with van der Waals surface area (Å²) in [5.74, 6) is 2.05. The molecule has 5 rings (SSSR count). The molecule has 128 valence electrons. The summed E-state index contributed by atoms with van der Waals surface area (Å²) in [6.07, 6.45) is 4.05. The maximum atomic E-state index is 11.2. The van der Waals surface area contributed by atoms with Gasteiger partial charge in [0.15, 0.2) is 5.76 Å². The molecule has 3 fully saturated rings. The summed E-state index contributed by atoms with van der Waals surface area (Å²) in [5.41, 5.74) is 2.19. The van der Waals surface area contributed by atoms with Gasteiger partial charge < -0.3 is 9.73 Å². The summed E-state index contributed by atoms with van der Waals surface area (Å²) in [7, 11) is 2.02. The van der Waals surface area contributed by atoms with E-state index in [0.29, 0.717) is 17.9 Å². The largest absolute Gasteiger partial charge is 0.463 e. The average Bonchev–Trinajstić information content (AvgIpc) is 3.22. The van der Waals surface area contributed by atoms with Crippen LogP contribution in [0.5, 0.6) is 0 Å². The third-order valence-corrected chi connectivity index (χ3v) is 5.53. The second-order valence-corrected chi connectivity index (χ2v) is 7.03. The van der Waals surface area contributed by atoms with E-state index in [2.05, 4.69) is 21.4 Å². The maximum Gasteiger partial charge on any atom is 0.216 e. The molecule has 0 aliphatic carbocycles. The van der Waals surface area contributed by atoms with Crippen LogP contribution in [-0.4, -0.2) is 46.3 Å². The van der Waals surface area contributed by atoms with Crippen LogP contribution in [0.3, 0.4) is 0 Å². The summed E-state index contributed by atoms with van der Waals surface area (Å²) in [6.45, 7) is 4.53. The number of furan rings is 1. The number of hydrogen-bond donors (Lipinski definition) is 1. The van der Waals surface area contributed by atoms with Crippen molar-refractivity contribution in [2.24, 2.45) is 13.0 Å². The number of aryl methyl sites for hydroxylation is 1. The summed E-state index contributed by atoms with van der Waals surface area (Å²) in [5, 5.41) is 7.62. The van der Waals surface area contributed by atoms with E-state index in [9.17, 15) is 4.79 Å². The molecule has 24 heavy (non-hydrogen) atoms. The number of carbonyl (C=O) groups excluding carboxylic acids is 1. The molecular formula is C18H24N4O2. The first-order chi connectivity index (χ1) is 11.6. The van der Waals surface area contributed by atoms with Crippen molar-refractivity contribution in [2.75, 3.05) is 19.6 Å². The molecule has 5 heterocycles. The minimum Gasteiger partial charge on any atom is -0.463 e. The molecule has 1 N–H and O–H groups in total. The lowest BCUT2D eigenvalue weighted by molar-refractivity contribution is -0.119. The number of carbonyl (C=O) groups is 1. The van der Waals surface area contributed by atoms with Gasteiger partial charge in [0.2, 0.25) is 5.91 Å². The number of nitrogens with one attached hydrogen (secondary N) is 1. The molecule has 2 aromatic rings. The Bertz CT molecular complexity index is 721. The topological polar surface area (TPSA) is 63.3 Å². The fraction of sp³-hybridized carbons (Fsp3) is 0.556. The van der Waals surface area contributed by atoms with Gasteiger partial charge in [0.1, 0.15) is 5.69 Å². The number of hydrogen-bond acceptors (Lipinski definition) is 4. The highest BCUT2D eigenvalue weighted by Crippen LogP contribution is 2.42. The lowest BCUT2D eigenvalue weighted by Crippen LogP contribution is -2.56. The second kappa shape index (κ2) is 6.09. The predicted octanol–water partition coefficient (Wildman–Crippen LogP) is 1.99. The highest BCUT2D eigenvalue weighted by molar-refractivity contribution is 5.72. The molecule has 0 spiro atoms. The monoisotopic (exact) mass is 328 g/mol. The molecular weight excluding hydrogens is 304 g/mol. The van der Waals surface area contributed by atoms with E-state index in [0.717, 1.165) is 37.5 Å². The van der Waals surface area contributed by atoms with Crippen molar-refractivity contribution < 1.29 is 9.21 Å². The van der Waals surface area contributed by atoms with Crippen LogP contribution in [0.2, 0.25) is 0 Å². The number of aromatic nitrogens is 2. The Morgan fingerprint density at radius 2 is 2.38 bits per heavy atom. The van der Waals surface area contributed by atoms with Crippen molar-refractivity contribution in [1.29, 1.82) is 0 Å². The molecule has 3 saturated heterocycles. The standard InChI is InChI=1S/C18H24N4O2/c1-12(23)19-10-14-8-13-5-6-22(14)11-15(13)17-9-16(20-21(17)2)18-4-3-7-24-18/h3-4,7,9,13-15H,5-6,8,10-11H2,1-2H3,(H,19,23)/t13-,14+,15-/m0/s1. The van der Waals surface area contributed by atoms with Gasteiger partial charge >= 0.3 is 0 Å². The van der Waals surface area contributed by atoms with Gasteiger partial charge in [-0.1, -0.05) is 0 Å². The van der Waals surface area contributed by atoms with Crippen LogP contribution in [0.1, 0.15) is 31.4 Å². The van der Waals surface area contributed by atoms with Gasteiger partial charge in [0, 0.05) is 44.7 Å². The zero-order valence-corrected chi connectivity index (χ0v) is 14.2. The molecule has 1 unspecified atom stereocenters. The summed E-state index contributed by atoms with van der Waals surface area (Å²) >= 11 is 0. The van der Waals surface area contributed by atoms with Gasteiger partial charge in [-0.2, -0.15) is 5.10 Å². The van der Waals surface area contributed by atoms with Gasteiger partial charge in [-0.05, 0) is 43.5 Å². The lowest BCUT2D eigenvalue weighted by atomic mass is 9.74. The Kier molecular flexibility index (Phi) is 3.92. The number of rotatable bonds is 4. The van der Waals surface area contributed by atoms with Crippen LogP contribution in [0.15, 0.2) is 28.9 Å². The van der Waals surface area contributed by atoms with Crippen LogP contribution >= 0.6 is 0 Å². The first kappa shape index (κ1) is 15.4. The Morgan fingerprint density at radius 3 is 3.04 bits per heavy atom. The van der Waals surface area contributed by atoms with E-state index in [1.54, 1.807) is 13.2 Å². The highest BCUT2D eigenvalue weighted by atomic mass is 16.3. The zero-order chi connectivity index (χ0) is 16.7. The average molecular weight is 328 g/mol. The predicted molar refractivity (Wildman–Crippen MR) is 90.4 cm³/mol. The molecule has 0 saturated carbocycles. The van der Waals surface area contributed by atoms with Crippen LogP contribution in [-0.2, 0) is 11.8 Å². The fourth-order valence-electron chi connectivity index (χ4n) is 4.32. The number of fused-ring (bicyclic) bond motifs is 3. The Labute approximate surface area is 141 Å². The molecule has 6 heteroatoms. The normalized spacial score (nSPS) is 28.9. The summed E-state index contributed by atoms with van der Waals surface area (Å²) in [4.78, 5) is 13.7. The highest BCUT2D eigenvalue weighted by Gasteiger charge is 2.41. The Balaban J connectivity index is 1.52. The van der Waals surface area contributed by atoms with E-state index in [1.807, 2.05) is 23.9 Å². The van der Waals surface area contributed by atoms with E-state index in [-0.39, 0.29) is 5.91 Å². The molecule has 6 nitrogen and oxygen atoms in total. The van der Waals surface area contributed by atoms with E-state index >= 15 is 0 Å².